The van der Waals surface area contributed by atoms with Crippen molar-refractivity contribution >= 4 is 11.9 Å². The van der Waals surface area contributed by atoms with Gasteiger partial charge in [-0.2, -0.15) is 0 Å². The molecule has 16 N–H and O–H groups in total. The lowest BCUT2D eigenvalue weighted by molar-refractivity contribution is -0.318. The minimum Gasteiger partial charge on any atom is -0.481 e. The van der Waals surface area contributed by atoms with Crippen LogP contribution in [0.3, 0.4) is 0 Å². The van der Waals surface area contributed by atoms with Crippen molar-refractivity contribution in [3.63, 3.8) is 0 Å². The number of aliphatic carboxylic acids is 1. The van der Waals surface area contributed by atoms with Gasteiger partial charge in [-0.1, -0.05) is 86.8 Å². The third-order valence-electron chi connectivity index (χ3n) is 14.3. The molecule has 4 heterocycles. The fourth-order valence-electron chi connectivity index (χ4n) is 9.68. The normalized spacial score (nSPS) is 46.6. The average molecular weight is 1090 g/mol. The fraction of sp³-hybridized carbons (Fsp3) is 0.736. The van der Waals surface area contributed by atoms with Crippen LogP contribution in [-0.4, -0.2) is 218 Å². The standard InChI is InChI=1S/C53H85NO22/c1-28-17-15-13-11-9-7-5-6-8-10-12-14-16-18-35(73-51-46(65)43(54)44(63)31(4)72-51)24-39-42(50(68)69)38(61)26-53(70,76-39)25-37(60)36(59)20-19-32(56)21-33(57)22-34(58)23-41(62)71-30(3)29(2)49(28)75-52-48(67)47(66)45(64)40(27-55)74-52/h5-6,8,10-18,28-40,42-49,51-52,55-61,63-67,70H,7,9,19-27,54H2,1-4H3,(H,68,69)/b6-5+,10-8+,13-11+,14-12+,17-15+,18-16+/t28-,29-,30-,31+,32+,33+,34+,35-,36+,37+,38-,39-,40+,42+,43-,44+,45+,46-,47-,48-,49+,51-,52?,53+/m0/s1. The van der Waals surface area contributed by atoms with Crippen molar-refractivity contribution in [3.05, 3.63) is 72.9 Å². The van der Waals surface area contributed by atoms with Crippen molar-refractivity contribution in [1.82, 2.24) is 0 Å². The first-order chi connectivity index (χ1) is 35.9. The summed E-state index contributed by atoms with van der Waals surface area (Å²) in [5, 5.41) is 150. The summed E-state index contributed by atoms with van der Waals surface area (Å²) in [5.41, 5.74) is 6.04. The molecule has 0 amide bonds. The third kappa shape index (κ3) is 19.8. The number of cyclic esters (lactones) is 1. The third-order valence-corrected chi connectivity index (χ3v) is 14.3. The van der Waals surface area contributed by atoms with E-state index in [1.54, 1.807) is 50.3 Å². The number of fused-ring (bicyclic) bond motifs is 2. The van der Waals surface area contributed by atoms with Crippen molar-refractivity contribution in [2.45, 2.75) is 220 Å². The zero-order chi connectivity index (χ0) is 56.4. The lowest BCUT2D eigenvalue weighted by Gasteiger charge is -2.45. The molecule has 3 saturated heterocycles. The van der Waals surface area contributed by atoms with E-state index < -0.39 is 184 Å². The van der Waals surface area contributed by atoms with Crippen molar-refractivity contribution in [2.24, 2.45) is 23.5 Å². The molecule has 1 unspecified atom stereocenters. The van der Waals surface area contributed by atoms with Crippen molar-refractivity contribution in [3.8, 4) is 0 Å². The Morgan fingerprint density at radius 3 is 1.91 bits per heavy atom. The smallest absolute Gasteiger partial charge is 0.311 e. The number of carboxylic acid groups (broad SMARTS) is 1. The molecular formula is C53H85NO22. The van der Waals surface area contributed by atoms with Crippen molar-refractivity contribution < 1.29 is 110 Å². The SMILES string of the molecule is C[C@@H]1[C@H](OC2O[C@H](CO)[C@@H](O)[C@H](O)[C@@H]2O)[C@@H](C)/C=C/C=C/CC/C=C/C=C/C=C/C=C/[C@H](O[C@@H]2O[C@H](C)[C@@H](O)[C@H](N)[C@@H]2O)C[C@@H]2O[C@](O)(C[C@@H](O)[C@H](O)CC[C@@H](O)C[C@@H](O)C[C@@H](O)CC(=O)O[C@H]1C)C[C@H](O)[C@H]2C(=O)O. The van der Waals surface area contributed by atoms with E-state index in [4.69, 9.17) is 34.2 Å². The second kappa shape index (κ2) is 31.4. The number of carbonyl (C=O) groups excluding carboxylic acids is 1. The number of carbonyl (C=O) groups is 2. The highest BCUT2D eigenvalue weighted by atomic mass is 16.7. The number of nitrogens with two attached hydrogens (primary N) is 1. The van der Waals surface area contributed by atoms with Crippen LogP contribution in [0.2, 0.25) is 0 Å². The monoisotopic (exact) mass is 1090 g/mol. The Labute approximate surface area is 443 Å². The summed E-state index contributed by atoms with van der Waals surface area (Å²) in [6.07, 6.45) is -7.30. The maximum atomic E-state index is 13.1. The number of aliphatic hydroxyl groups excluding tert-OH is 12. The first kappa shape index (κ1) is 65.1. The minimum absolute atomic E-state index is 0.189. The van der Waals surface area contributed by atoms with E-state index in [2.05, 4.69) is 0 Å². The molecule has 434 valence electrons. The number of rotatable bonds is 6. The van der Waals surface area contributed by atoms with E-state index in [1.165, 1.54) is 13.0 Å². The number of allylic oxidation sites excluding steroid dienone is 10. The van der Waals surface area contributed by atoms with Crippen molar-refractivity contribution in [1.29, 1.82) is 0 Å². The summed E-state index contributed by atoms with van der Waals surface area (Å²) in [7, 11) is 0. The number of esters is 1. The van der Waals surface area contributed by atoms with Gasteiger partial charge in [0.25, 0.3) is 0 Å². The van der Waals surface area contributed by atoms with Crippen LogP contribution in [0.4, 0.5) is 0 Å². The summed E-state index contributed by atoms with van der Waals surface area (Å²) in [6.45, 7) is 5.96. The second-order valence-electron chi connectivity index (χ2n) is 20.7. The zero-order valence-corrected chi connectivity index (χ0v) is 43.6. The lowest BCUT2D eigenvalue weighted by Crippen LogP contribution is -2.61. The van der Waals surface area contributed by atoms with Gasteiger partial charge in [-0.3, -0.25) is 9.59 Å². The van der Waals surface area contributed by atoms with Crippen molar-refractivity contribution in [2.75, 3.05) is 6.61 Å². The van der Waals surface area contributed by atoms with E-state index in [1.807, 2.05) is 37.3 Å². The molecule has 0 aromatic carbocycles. The Morgan fingerprint density at radius 2 is 1.25 bits per heavy atom. The topological polar surface area (TPSA) is 399 Å². The predicted molar refractivity (Wildman–Crippen MR) is 270 cm³/mol. The maximum absolute atomic E-state index is 13.1. The molecule has 4 rings (SSSR count). The molecule has 23 nitrogen and oxygen atoms in total. The summed E-state index contributed by atoms with van der Waals surface area (Å²) in [4.78, 5) is 25.6. The largest absolute Gasteiger partial charge is 0.481 e. The zero-order valence-electron chi connectivity index (χ0n) is 43.6. The van der Waals surface area contributed by atoms with Gasteiger partial charge in [0.05, 0.1) is 86.2 Å². The molecule has 23 heteroatoms. The molecule has 76 heavy (non-hydrogen) atoms. The Hall–Kier alpha value is -3.38. The summed E-state index contributed by atoms with van der Waals surface area (Å²) < 4.78 is 35.3. The average Bonchev–Trinajstić information content (AvgIpc) is 3.34. The molecule has 0 aliphatic carbocycles. The molecule has 24 atom stereocenters. The van der Waals surface area contributed by atoms with Crippen LogP contribution < -0.4 is 5.73 Å². The highest BCUT2D eigenvalue weighted by molar-refractivity contribution is 5.71. The van der Waals surface area contributed by atoms with Gasteiger partial charge in [0, 0.05) is 31.1 Å². The molecule has 0 aromatic heterocycles. The Balaban J connectivity index is 1.56. The van der Waals surface area contributed by atoms with Gasteiger partial charge in [0.2, 0.25) is 0 Å². The first-order valence-corrected chi connectivity index (χ1v) is 26.2. The summed E-state index contributed by atoms with van der Waals surface area (Å²) >= 11 is 0. The first-order valence-electron chi connectivity index (χ1n) is 26.2. The molecule has 0 spiro atoms. The number of carboxylic acids is 1. The van der Waals surface area contributed by atoms with Crippen LogP contribution in [0.15, 0.2) is 72.9 Å². The quantitative estimate of drug-likeness (QED) is 0.138. The molecular weight excluding hydrogens is 1000 g/mol. The molecule has 0 radical (unpaired) electrons. The fourth-order valence-corrected chi connectivity index (χ4v) is 9.68. The lowest BCUT2D eigenvalue weighted by atomic mass is 9.82. The second-order valence-corrected chi connectivity index (χ2v) is 20.7. The Morgan fingerprint density at radius 1 is 0.658 bits per heavy atom. The van der Waals surface area contributed by atoms with Gasteiger partial charge in [0.15, 0.2) is 18.4 Å². The molecule has 0 aromatic rings. The molecule has 3 fully saturated rings. The number of hydrogen-bond donors (Lipinski definition) is 15. The van der Waals surface area contributed by atoms with E-state index in [-0.39, 0.29) is 32.1 Å². The van der Waals surface area contributed by atoms with Gasteiger partial charge in [-0.05, 0) is 52.4 Å². The number of aliphatic hydroxyl groups is 13. The predicted octanol–water partition coefficient (Wildman–Crippen LogP) is -1.24. The Bertz CT molecular complexity index is 1930. The van der Waals surface area contributed by atoms with Crippen LogP contribution >= 0.6 is 0 Å². The summed E-state index contributed by atoms with van der Waals surface area (Å²) in [5.74, 6) is -7.38. The van der Waals surface area contributed by atoms with Crippen LogP contribution in [0.1, 0.15) is 91.9 Å². The highest BCUT2D eigenvalue weighted by Gasteiger charge is 2.52. The van der Waals surface area contributed by atoms with E-state index >= 15 is 0 Å². The number of ether oxygens (including phenoxy) is 6. The minimum atomic E-state index is -2.39. The van der Waals surface area contributed by atoms with Gasteiger partial charge >= 0.3 is 11.9 Å². The van der Waals surface area contributed by atoms with Gasteiger partial charge in [-0.25, -0.2) is 0 Å². The van der Waals surface area contributed by atoms with Crippen LogP contribution in [0.5, 0.6) is 0 Å². The van der Waals surface area contributed by atoms with Gasteiger partial charge in [0.1, 0.15) is 42.5 Å². The van der Waals surface area contributed by atoms with E-state index in [0.717, 1.165) is 0 Å². The Kier molecular flexibility index (Phi) is 26.9. The van der Waals surface area contributed by atoms with Crippen LogP contribution in [0, 0.1) is 17.8 Å². The molecule has 4 aliphatic rings. The molecule has 2 bridgehead atoms. The van der Waals surface area contributed by atoms with E-state index in [9.17, 15) is 81.1 Å². The van der Waals surface area contributed by atoms with Crippen LogP contribution in [0.25, 0.3) is 0 Å². The maximum Gasteiger partial charge on any atom is 0.311 e. The molecule has 0 saturated carbocycles. The summed E-state index contributed by atoms with van der Waals surface area (Å²) in [6, 6.07) is -1.17. The number of hydrogen-bond acceptors (Lipinski definition) is 22. The van der Waals surface area contributed by atoms with Gasteiger partial charge in [-0.15, -0.1) is 0 Å². The van der Waals surface area contributed by atoms with Crippen LogP contribution in [-0.2, 0) is 38.0 Å². The van der Waals surface area contributed by atoms with Gasteiger partial charge < -0.3 is 106 Å². The highest BCUT2D eigenvalue weighted by Crippen LogP contribution is 2.38. The molecule has 4 aliphatic heterocycles. The van der Waals surface area contributed by atoms with E-state index in [0.29, 0.717) is 12.8 Å².